The number of carbonyl (C=O) groups is 2. The molecule has 0 aromatic rings. The van der Waals surface area contributed by atoms with Crippen LogP contribution in [0.4, 0.5) is 4.79 Å². The van der Waals surface area contributed by atoms with Crippen LogP contribution in [0.5, 0.6) is 0 Å². The molecule has 0 bridgehead atoms. The third-order valence-electron chi connectivity index (χ3n) is 2.80. The summed E-state index contributed by atoms with van der Waals surface area (Å²) in [6.45, 7) is 7.04. The van der Waals surface area contributed by atoms with Gasteiger partial charge in [-0.3, -0.25) is 4.79 Å². The highest BCUT2D eigenvalue weighted by atomic mass is 16.6. The molecule has 0 unspecified atom stereocenters. The van der Waals surface area contributed by atoms with Crippen molar-refractivity contribution in [2.75, 3.05) is 0 Å². The highest BCUT2D eigenvalue weighted by molar-refractivity contribution is 5.73. The molecule has 1 aliphatic rings. The molecule has 0 radical (unpaired) electrons. The first-order chi connectivity index (χ1) is 8.26. The SMILES string of the molecule is CC(=O)N[C@H]1CCC[C@@H](NC(=O)OC(C)(C)C)C1. The minimum absolute atomic E-state index is 0.0158. The number of carbonyl (C=O) groups excluding carboxylic acids is 2. The Kier molecular flexibility index (Phi) is 4.99. The van der Waals surface area contributed by atoms with E-state index in [0.717, 1.165) is 25.7 Å². The number of amides is 2. The predicted molar refractivity (Wildman–Crippen MR) is 69.2 cm³/mol. The topological polar surface area (TPSA) is 67.4 Å². The van der Waals surface area contributed by atoms with Gasteiger partial charge in [-0.15, -0.1) is 0 Å². The second-order valence-corrected chi connectivity index (χ2v) is 5.91. The molecule has 1 fully saturated rings. The van der Waals surface area contributed by atoms with Gasteiger partial charge in [0.15, 0.2) is 0 Å². The first-order valence-corrected chi connectivity index (χ1v) is 6.53. The number of hydrogen-bond donors (Lipinski definition) is 2. The summed E-state index contributed by atoms with van der Waals surface area (Å²) in [5.74, 6) is -0.0158. The van der Waals surface area contributed by atoms with Crippen LogP contribution in [0.1, 0.15) is 53.4 Å². The van der Waals surface area contributed by atoms with E-state index < -0.39 is 5.60 Å². The normalized spacial score (nSPS) is 24.2. The molecule has 1 saturated carbocycles. The Balaban J connectivity index is 2.38. The van der Waals surface area contributed by atoms with E-state index >= 15 is 0 Å². The molecule has 0 spiro atoms. The molecule has 5 heteroatoms. The highest BCUT2D eigenvalue weighted by Gasteiger charge is 2.25. The van der Waals surface area contributed by atoms with Crippen LogP contribution in [-0.4, -0.2) is 29.7 Å². The lowest BCUT2D eigenvalue weighted by Crippen LogP contribution is -2.46. The lowest BCUT2D eigenvalue weighted by molar-refractivity contribution is -0.119. The number of nitrogens with one attached hydrogen (secondary N) is 2. The minimum Gasteiger partial charge on any atom is -0.444 e. The Morgan fingerprint density at radius 3 is 2.17 bits per heavy atom. The van der Waals surface area contributed by atoms with Crippen LogP contribution in [0.2, 0.25) is 0 Å². The van der Waals surface area contributed by atoms with Gasteiger partial charge in [-0.05, 0) is 46.5 Å². The van der Waals surface area contributed by atoms with Crippen molar-refractivity contribution in [3.8, 4) is 0 Å². The zero-order valence-electron chi connectivity index (χ0n) is 11.7. The quantitative estimate of drug-likeness (QED) is 0.793. The summed E-state index contributed by atoms with van der Waals surface area (Å²) < 4.78 is 5.22. The third-order valence-corrected chi connectivity index (χ3v) is 2.80. The van der Waals surface area contributed by atoms with Gasteiger partial charge in [0.25, 0.3) is 0 Å². The maximum atomic E-state index is 11.6. The third kappa shape index (κ3) is 5.89. The van der Waals surface area contributed by atoms with E-state index in [-0.39, 0.29) is 24.1 Å². The summed E-state index contributed by atoms with van der Waals surface area (Å²) in [6.07, 6.45) is 3.32. The monoisotopic (exact) mass is 256 g/mol. The Morgan fingerprint density at radius 1 is 1.11 bits per heavy atom. The molecule has 0 aliphatic heterocycles. The highest BCUT2D eigenvalue weighted by Crippen LogP contribution is 2.19. The molecule has 0 aromatic heterocycles. The molecule has 0 aromatic carbocycles. The van der Waals surface area contributed by atoms with Crippen LogP contribution in [0, 0.1) is 0 Å². The fourth-order valence-corrected chi connectivity index (χ4v) is 2.21. The number of alkyl carbamates (subject to hydrolysis) is 1. The molecule has 2 N–H and O–H groups in total. The zero-order chi connectivity index (χ0) is 13.8. The van der Waals surface area contributed by atoms with Crippen LogP contribution in [0.3, 0.4) is 0 Å². The molecule has 0 heterocycles. The van der Waals surface area contributed by atoms with Crippen molar-refractivity contribution in [2.24, 2.45) is 0 Å². The van der Waals surface area contributed by atoms with Crippen LogP contribution in [-0.2, 0) is 9.53 Å². The predicted octanol–water partition coefficient (Wildman–Crippen LogP) is 1.96. The smallest absolute Gasteiger partial charge is 0.407 e. The average Bonchev–Trinajstić information content (AvgIpc) is 2.13. The van der Waals surface area contributed by atoms with Crippen molar-refractivity contribution >= 4 is 12.0 Å². The average molecular weight is 256 g/mol. The van der Waals surface area contributed by atoms with Crippen molar-refractivity contribution in [3.05, 3.63) is 0 Å². The van der Waals surface area contributed by atoms with E-state index in [1.807, 2.05) is 20.8 Å². The second kappa shape index (κ2) is 6.07. The van der Waals surface area contributed by atoms with Gasteiger partial charge in [-0.1, -0.05) is 0 Å². The first kappa shape index (κ1) is 14.8. The van der Waals surface area contributed by atoms with E-state index in [4.69, 9.17) is 4.74 Å². The fourth-order valence-electron chi connectivity index (χ4n) is 2.21. The van der Waals surface area contributed by atoms with Gasteiger partial charge in [0.1, 0.15) is 5.60 Å². The van der Waals surface area contributed by atoms with Crippen molar-refractivity contribution in [2.45, 2.75) is 71.1 Å². The summed E-state index contributed by atoms with van der Waals surface area (Å²) in [5, 5.41) is 5.77. The van der Waals surface area contributed by atoms with Gasteiger partial charge >= 0.3 is 6.09 Å². The molecule has 5 nitrogen and oxygen atoms in total. The lowest BCUT2D eigenvalue weighted by Gasteiger charge is -2.30. The molecule has 18 heavy (non-hydrogen) atoms. The molecule has 0 saturated heterocycles. The van der Waals surface area contributed by atoms with Gasteiger partial charge in [0.05, 0.1) is 0 Å². The largest absolute Gasteiger partial charge is 0.444 e. The summed E-state index contributed by atoms with van der Waals surface area (Å²) in [7, 11) is 0. The van der Waals surface area contributed by atoms with Crippen molar-refractivity contribution in [1.82, 2.24) is 10.6 Å². The van der Waals surface area contributed by atoms with Gasteiger partial charge in [0.2, 0.25) is 5.91 Å². The lowest BCUT2D eigenvalue weighted by atomic mass is 9.91. The Bertz CT molecular complexity index is 310. The number of hydrogen-bond acceptors (Lipinski definition) is 3. The molecule has 2 amide bonds. The van der Waals surface area contributed by atoms with Crippen molar-refractivity contribution in [3.63, 3.8) is 0 Å². The van der Waals surface area contributed by atoms with Crippen LogP contribution in [0.15, 0.2) is 0 Å². The molecule has 104 valence electrons. The van der Waals surface area contributed by atoms with Crippen molar-refractivity contribution in [1.29, 1.82) is 0 Å². The standard InChI is InChI=1S/C13H24N2O3/c1-9(16)14-10-6-5-7-11(8-10)15-12(17)18-13(2,3)4/h10-11H,5-8H2,1-4H3,(H,14,16)(H,15,17)/t10-,11+/m0/s1. The van der Waals surface area contributed by atoms with Crippen LogP contribution in [0.25, 0.3) is 0 Å². The summed E-state index contributed by atoms with van der Waals surface area (Å²) in [5.41, 5.74) is -0.476. The zero-order valence-corrected chi connectivity index (χ0v) is 11.7. The second-order valence-electron chi connectivity index (χ2n) is 5.91. The molecular formula is C13H24N2O3. The van der Waals surface area contributed by atoms with Crippen LogP contribution < -0.4 is 10.6 Å². The van der Waals surface area contributed by atoms with E-state index in [1.54, 1.807) is 0 Å². The van der Waals surface area contributed by atoms with Crippen LogP contribution >= 0.6 is 0 Å². The van der Waals surface area contributed by atoms with E-state index in [0.29, 0.717) is 0 Å². The summed E-state index contributed by atoms with van der Waals surface area (Å²) in [4.78, 5) is 22.6. The number of rotatable bonds is 2. The minimum atomic E-state index is -0.476. The van der Waals surface area contributed by atoms with E-state index in [1.165, 1.54) is 6.92 Å². The fraction of sp³-hybridized carbons (Fsp3) is 0.846. The first-order valence-electron chi connectivity index (χ1n) is 6.53. The van der Waals surface area contributed by atoms with Gasteiger partial charge in [-0.25, -0.2) is 4.79 Å². The maximum absolute atomic E-state index is 11.6. The van der Waals surface area contributed by atoms with Gasteiger partial charge in [-0.2, -0.15) is 0 Å². The summed E-state index contributed by atoms with van der Waals surface area (Å²) >= 11 is 0. The molecule has 1 rings (SSSR count). The van der Waals surface area contributed by atoms with Gasteiger partial charge < -0.3 is 15.4 Å². The number of ether oxygens (including phenoxy) is 1. The van der Waals surface area contributed by atoms with E-state index in [9.17, 15) is 9.59 Å². The van der Waals surface area contributed by atoms with Crippen molar-refractivity contribution < 1.29 is 14.3 Å². The molecule has 1 aliphatic carbocycles. The summed E-state index contributed by atoms with van der Waals surface area (Å²) in [6, 6.07) is 0.252. The maximum Gasteiger partial charge on any atom is 0.407 e. The van der Waals surface area contributed by atoms with Gasteiger partial charge in [0, 0.05) is 19.0 Å². The molecular weight excluding hydrogens is 232 g/mol. The Hall–Kier alpha value is -1.26. The van der Waals surface area contributed by atoms with E-state index in [2.05, 4.69) is 10.6 Å². The molecule has 2 atom stereocenters. The Labute approximate surface area is 109 Å². The Morgan fingerprint density at radius 2 is 1.67 bits per heavy atom.